The number of carbonyl (C=O) groups is 1. The molecular weight excluding hydrogens is 410 g/mol. The van der Waals surface area contributed by atoms with Crippen LogP contribution in [0.1, 0.15) is 34.3 Å². The summed E-state index contributed by atoms with van der Waals surface area (Å²) in [5.41, 5.74) is 1.83. The van der Waals surface area contributed by atoms with Crippen molar-refractivity contribution >= 4 is 21.7 Å². The number of sulfonamides is 1. The van der Waals surface area contributed by atoms with E-state index in [2.05, 4.69) is 4.72 Å². The lowest BCUT2D eigenvalue weighted by atomic mass is 9.92. The van der Waals surface area contributed by atoms with Gasteiger partial charge in [0.25, 0.3) is 10.0 Å². The second kappa shape index (κ2) is 9.36. The average Bonchev–Trinajstić information content (AvgIpc) is 2.73. The molecule has 0 bridgehead atoms. The van der Waals surface area contributed by atoms with Crippen LogP contribution in [0.5, 0.6) is 11.5 Å². The van der Waals surface area contributed by atoms with Crippen molar-refractivity contribution in [3.05, 3.63) is 47.0 Å². The van der Waals surface area contributed by atoms with E-state index in [9.17, 15) is 18.3 Å². The van der Waals surface area contributed by atoms with Crippen molar-refractivity contribution in [2.24, 2.45) is 0 Å². The number of aryl methyl sites for hydroxylation is 2. The lowest BCUT2D eigenvalue weighted by molar-refractivity contribution is 0.0697. The number of carboxylic acids is 1. The zero-order valence-electron chi connectivity index (χ0n) is 16.9. The van der Waals surface area contributed by atoms with Crippen LogP contribution in [0.15, 0.2) is 35.2 Å². The quantitative estimate of drug-likeness (QED) is 0.582. The van der Waals surface area contributed by atoms with Gasteiger partial charge in [0.05, 0.1) is 29.9 Å². The van der Waals surface area contributed by atoms with E-state index >= 15 is 0 Å². The average molecular weight is 435 g/mol. The first-order valence-corrected chi connectivity index (χ1v) is 11.1. The number of fused-ring (bicyclic) bond motifs is 1. The fourth-order valence-corrected chi connectivity index (χ4v) is 4.53. The summed E-state index contributed by atoms with van der Waals surface area (Å²) in [4.78, 5) is 11.8. The normalized spacial score (nSPS) is 13.4. The number of carboxylic acid groups (broad SMARTS) is 1. The van der Waals surface area contributed by atoms with Gasteiger partial charge in [-0.05, 0) is 48.9 Å². The summed E-state index contributed by atoms with van der Waals surface area (Å²) in [6.07, 6.45) is 3.89. The molecule has 0 atom stereocenters. The molecule has 3 rings (SSSR count). The molecule has 0 fully saturated rings. The van der Waals surface area contributed by atoms with E-state index in [1.807, 2.05) is 6.07 Å². The Labute approximate surface area is 175 Å². The summed E-state index contributed by atoms with van der Waals surface area (Å²) in [7, 11) is -1.10. The van der Waals surface area contributed by atoms with E-state index in [4.69, 9.17) is 14.2 Å². The summed E-state index contributed by atoms with van der Waals surface area (Å²) in [5.74, 6) is -0.900. The summed E-state index contributed by atoms with van der Waals surface area (Å²) in [5, 5.41) is 9.56. The fraction of sp³-hybridized carbons (Fsp3) is 0.381. The van der Waals surface area contributed by atoms with Gasteiger partial charge in [0.2, 0.25) is 0 Å². The third-order valence-electron chi connectivity index (χ3n) is 4.95. The number of hydrogen-bond acceptors (Lipinski definition) is 6. The minimum Gasteiger partial charge on any atom is -0.493 e. The van der Waals surface area contributed by atoms with Crippen molar-refractivity contribution in [3.8, 4) is 11.5 Å². The Morgan fingerprint density at radius 1 is 1.03 bits per heavy atom. The molecule has 0 saturated heterocycles. The van der Waals surface area contributed by atoms with Crippen molar-refractivity contribution < 1.29 is 32.5 Å². The molecule has 0 aliphatic heterocycles. The maximum absolute atomic E-state index is 13.0. The predicted molar refractivity (Wildman–Crippen MR) is 111 cm³/mol. The first-order chi connectivity index (χ1) is 14.4. The van der Waals surface area contributed by atoms with Gasteiger partial charge in [-0.15, -0.1) is 0 Å². The molecule has 0 saturated carbocycles. The fourth-order valence-electron chi connectivity index (χ4n) is 3.41. The zero-order valence-corrected chi connectivity index (χ0v) is 17.8. The van der Waals surface area contributed by atoms with Crippen molar-refractivity contribution in [3.63, 3.8) is 0 Å². The van der Waals surface area contributed by atoms with Crippen LogP contribution in [0, 0.1) is 0 Å². The monoisotopic (exact) mass is 435 g/mol. The number of anilines is 1. The predicted octanol–water partition coefficient (Wildman–Crippen LogP) is 3.10. The van der Waals surface area contributed by atoms with E-state index in [0.29, 0.717) is 6.61 Å². The molecule has 2 aromatic rings. The molecule has 0 radical (unpaired) electrons. The van der Waals surface area contributed by atoms with Crippen LogP contribution in [0.4, 0.5) is 5.69 Å². The molecule has 0 unspecified atom stereocenters. The Hall–Kier alpha value is -2.78. The molecule has 0 aromatic heterocycles. The number of methoxy groups -OCH3 is 2. The smallest absolute Gasteiger partial charge is 0.337 e. The molecule has 0 spiro atoms. The van der Waals surface area contributed by atoms with Gasteiger partial charge < -0.3 is 19.3 Å². The lowest BCUT2D eigenvalue weighted by Crippen LogP contribution is -2.17. The second-order valence-corrected chi connectivity index (χ2v) is 8.62. The van der Waals surface area contributed by atoms with Crippen LogP contribution < -0.4 is 14.2 Å². The standard InChI is InChI=1S/C21H25NO7S/c1-27-9-10-29-20-13-18(17(21(23)24)12-19(20)28-2)22-30(25,26)16-8-7-14-5-3-4-6-15(14)11-16/h7-8,11-13,22H,3-6,9-10H2,1-2H3,(H,23,24). The largest absolute Gasteiger partial charge is 0.493 e. The SMILES string of the molecule is COCCOc1cc(NS(=O)(=O)c2ccc3c(c2)CCCC3)c(C(=O)O)cc1OC. The number of rotatable bonds is 9. The molecule has 1 aliphatic carbocycles. The van der Waals surface area contributed by atoms with E-state index in [0.717, 1.165) is 36.8 Å². The van der Waals surface area contributed by atoms with E-state index in [1.165, 1.54) is 26.4 Å². The first kappa shape index (κ1) is 21.9. The third kappa shape index (κ3) is 4.85. The summed E-state index contributed by atoms with van der Waals surface area (Å²) < 4.78 is 44.1. The van der Waals surface area contributed by atoms with Crippen molar-refractivity contribution in [2.45, 2.75) is 30.6 Å². The minimum absolute atomic E-state index is 0.0946. The number of hydrogen-bond donors (Lipinski definition) is 2. The van der Waals surface area contributed by atoms with E-state index in [1.54, 1.807) is 12.1 Å². The Kier molecular flexibility index (Phi) is 6.84. The molecule has 8 nitrogen and oxygen atoms in total. The topological polar surface area (TPSA) is 111 Å². The summed E-state index contributed by atoms with van der Waals surface area (Å²) in [6, 6.07) is 7.58. The van der Waals surface area contributed by atoms with Gasteiger partial charge in [-0.25, -0.2) is 13.2 Å². The molecular formula is C21H25NO7S. The zero-order chi connectivity index (χ0) is 21.7. The number of aromatic carboxylic acids is 1. The van der Waals surface area contributed by atoms with Crippen LogP contribution in [-0.4, -0.2) is 46.9 Å². The number of ether oxygens (including phenoxy) is 3. The molecule has 162 valence electrons. The molecule has 9 heteroatoms. The molecule has 30 heavy (non-hydrogen) atoms. The van der Waals surface area contributed by atoms with Crippen LogP contribution >= 0.6 is 0 Å². The summed E-state index contributed by atoms with van der Waals surface area (Å²) in [6.45, 7) is 0.496. The van der Waals surface area contributed by atoms with Crippen LogP contribution in [0.3, 0.4) is 0 Å². The Bertz CT molecular complexity index is 1030. The second-order valence-electron chi connectivity index (χ2n) is 6.94. The maximum Gasteiger partial charge on any atom is 0.337 e. The van der Waals surface area contributed by atoms with Gasteiger partial charge in [-0.2, -0.15) is 0 Å². The van der Waals surface area contributed by atoms with Crippen molar-refractivity contribution in [2.75, 3.05) is 32.2 Å². The van der Waals surface area contributed by atoms with Gasteiger partial charge in [-0.3, -0.25) is 4.72 Å². The Balaban J connectivity index is 1.97. The highest BCUT2D eigenvalue weighted by molar-refractivity contribution is 7.92. The molecule has 1 aliphatic rings. The van der Waals surface area contributed by atoms with Crippen LogP contribution in [0.25, 0.3) is 0 Å². The maximum atomic E-state index is 13.0. The van der Waals surface area contributed by atoms with Gasteiger partial charge in [0.1, 0.15) is 6.61 Å². The third-order valence-corrected chi connectivity index (χ3v) is 6.32. The first-order valence-electron chi connectivity index (χ1n) is 9.57. The summed E-state index contributed by atoms with van der Waals surface area (Å²) >= 11 is 0. The number of nitrogens with one attached hydrogen (secondary N) is 1. The molecule has 2 N–H and O–H groups in total. The van der Waals surface area contributed by atoms with Gasteiger partial charge in [0.15, 0.2) is 11.5 Å². The van der Waals surface area contributed by atoms with Crippen LogP contribution in [0.2, 0.25) is 0 Å². The minimum atomic E-state index is -4.00. The highest BCUT2D eigenvalue weighted by atomic mass is 32.2. The van der Waals surface area contributed by atoms with Crippen molar-refractivity contribution in [1.29, 1.82) is 0 Å². The molecule has 2 aromatic carbocycles. The van der Waals surface area contributed by atoms with Gasteiger partial charge >= 0.3 is 5.97 Å². The Morgan fingerprint density at radius 2 is 1.77 bits per heavy atom. The highest BCUT2D eigenvalue weighted by Crippen LogP contribution is 2.35. The lowest BCUT2D eigenvalue weighted by Gasteiger charge is -2.18. The van der Waals surface area contributed by atoms with E-state index < -0.39 is 16.0 Å². The number of benzene rings is 2. The Morgan fingerprint density at radius 3 is 2.43 bits per heavy atom. The highest BCUT2D eigenvalue weighted by Gasteiger charge is 2.23. The van der Waals surface area contributed by atoms with E-state index in [-0.39, 0.29) is 34.3 Å². The molecule has 0 amide bonds. The molecule has 0 heterocycles. The van der Waals surface area contributed by atoms with Crippen molar-refractivity contribution in [1.82, 2.24) is 0 Å². The van der Waals surface area contributed by atoms with Crippen LogP contribution in [-0.2, 0) is 27.6 Å². The van der Waals surface area contributed by atoms with Gasteiger partial charge in [-0.1, -0.05) is 6.07 Å². The van der Waals surface area contributed by atoms with Gasteiger partial charge in [0, 0.05) is 19.2 Å².